The van der Waals surface area contributed by atoms with Crippen LogP contribution in [0.5, 0.6) is 0 Å². The Balaban J connectivity index is 0.00000176. The molecule has 1 aromatic carbocycles. The molecule has 0 aliphatic heterocycles. The van der Waals surface area contributed by atoms with E-state index in [-0.39, 0.29) is 29.8 Å². The molecule has 2 saturated carbocycles. The lowest BCUT2D eigenvalue weighted by Crippen LogP contribution is -2.47. The quantitative estimate of drug-likeness (QED) is 0.445. The molecule has 0 heterocycles. The van der Waals surface area contributed by atoms with Crippen molar-refractivity contribution >= 4 is 29.9 Å². The number of guanidine groups is 1. The number of nitrogens with zero attached hydrogens (tertiary/aromatic N) is 1. The minimum absolute atomic E-state index is 0. The lowest BCUT2D eigenvalue weighted by molar-refractivity contribution is 0.322. The van der Waals surface area contributed by atoms with Gasteiger partial charge in [0.1, 0.15) is 5.82 Å². The topological polar surface area (TPSA) is 50.4 Å². The lowest BCUT2D eigenvalue weighted by Gasteiger charge is -2.36. The van der Waals surface area contributed by atoms with Gasteiger partial charge < -0.3 is 11.1 Å². The van der Waals surface area contributed by atoms with Crippen molar-refractivity contribution in [2.45, 2.75) is 62.9 Å². The van der Waals surface area contributed by atoms with Crippen LogP contribution in [0, 0.1) is 5.82 Å². The van der Waals surface area contributed by atoms with Crippen molar-refractivity contribution in [1.29, 1.82) is 0 Å². The Bertz CT molecular complexity index is 491. The maximum absolute atomic E-state index is 12.9. The van der Waals surface area contributed by atoms with E-state index in [0.717, 1.165) is 12.8 Å². The zero-order chi connectivity index (χ0) is 14.7. The van der Waals surface area contributed by atoms with Crippen molar-refractivity contribution < 1.29 is 4.39 Å². The summed E-state index contributed by atoms with van der Waals surface area (Å²) in [4.78, 5) is 4.60. The third-order valence-electron chi connectivity index (χ3n) is 4.73. The van der Waals surface area contributed by atoms with Crippen LogP contribution in [0.1, 0.15) is 56.4 Å². The summed E-state index contributed by atoms with van der Waals surface area (Å²) in [5.74, 6) is 0.951. The zero-order valence-corrected chi connectivity index (χ0v) is 15.1. The van der Waals surface area contributed by atoms with Crippen molar-refractivity contribution in [2.75, 3.05) is 0 Å². The summed E-state index contributed by atoms with van der Waals surface area (Å²) in [6, 6.07) is 7.67. The number of hydrogen-bond acceptors (Lipinski definition) is 1. The highest BCUT2D eigenvalue weighted by molar-refractivity contribution is 14.0. The lowest BCUT2D eigenvalue weighted by atomic mass is 9.76. The SMILES string of the molecule is I.NC(=NC1CCCCC1)NC1CC(c2ccc(F)cc2)C1. The van der Waals surface area contributed by atoms with Crippen molar-refractivity contribution in [3.63, 3.8) is 0 Å². The summed E-state index contributed by atoms with van der Waals surface area (Å²) >= 11 is 0. The highest BCUT2D eigenvalue weighted by atomic mass is 127. The van der Waals surface area contributed by atoms with Crippen LogP contribution in [-0.2, 0) is 0 Å². The normalized spacial score (nSPS) is 26.0. The van der Waals surface area contributed by atoms with E-state index in [1.165, 1.54) is 49.8 Å². The molecule has 0 spiro atoms. The minimum atomic E-state index is -0.170. The summed E-state index contributed by atoms with van der Waals surface area (Å²) in [6.45, 7) is 0. The third kappa shape index (κ3) is 4.57. The first-order valence-corrected chi connectivity index (χ1v) is 8.06. The van der Waals surface area contributed by atoms with Gasteiger partial charge in [0, 0.05) is 6.04 Å². The monoisotopic (exact) mass is 417 g/mol. The van der Waals surface area contributed by atoms with Crippen LogP contribution < -0.4 is 11.1 Å². The van der Waals surface area contributed by atoms with Gasteiger partial charge in [0.15, 0.2) is 5.96 Å². The Morgan fingerprint density at radius 3 is 2.36 bits per heavy atom. The smallest absolute Gasteiger partial charge is 0.189 e. The molecule has 122 valence electrons. The molecule has 2 aliphatic rings. The van der Waals surface area contributed by atoms with Crippen LogP contribution in [-0.4, -0.2) is 18.0 Å². The predicted octanol–water partition coefficient (Wildman–Crippen LogP) is 3.93. The fraction of sp³-hybridized carbons (Fsp3) is 0.588. The average Bonchev–Trinajstić information content (AvgIpc) is 2.45. The van der Waals surface area contributed by atoms with Crippen molar-refractivity contribution in [3.8, 4) is 0 Å². The van der Waals surface area contributed by atoms with Gasteiger partial charge in [-0.3, -0.25) is 4.99 Å². The molecule has 0 radical (unpaired) electrons. The van der Waals surface area contributed by atoms with Crippen LogP contribution in [0.3, 0.4) is 0 Å². The first kappa shape index (κ1) is 17.5. The molecule has 3 rings (SSSR count). The summed E-state index contributed by atoms with van der Waals surface area (Å²) in [5.41, 5.74) is 7.23. The van der Waals surface area contributed by atoms with Crippen LogP contribution in [0.25, 0.3) is 0 Å². The maximum atomic E-state index is 12.9. The van der Waals surface area contributed by atoms with Gasteiger partial charge in [0.05, 0.1) is 6.04 Å². The fourth-order valence-corrected chi connectivity index (χ4v) is 3.40. The Morgan fingerprint density at radius 1 is 1.09 bits per heavy atom. The van der Waals surface area contributed by atoms with Gasteiger partial charge in [-0.05, 0) is 49.3 Å². The molecule has 3 N–H and O–H groups in total. The van der Waals surface area contributed by atoms with Gasteiger partial charge in [0.2, 0.25) is 0 Å². The van der Waals surface area contributed by atoms with Crippen molar-refractivity contribution in [2.24, 2.45) is 10.7 Å². The Hall–Kier alpha value is -0.850. The molecular formula is C17H25FIN3. The van der Waals surface area contributed by atoms with E-state index < -0.39 is 0 Å². The number of benzene rings is 1. The van der Waals surface area contributed by atoms with Crippen LogP contribution in [0.4, 0.5) is 4.39 Å². The van der Waals surface area contributed by atoms with Gasteiger partial charge in [-0.2, -0.15) is 0 Å². The van der Waals surface area contributed by atoms with E-state index in [4.69, 9.17) is 5.73 Å². The van der Waals surface area contributed by atoms with Gasteiger partial charge in [-0.1, -0.05) is 31.4 Å². The summed E-state index contributed by atoms with van der Waals surface area (Å²) < 4.78 is 12.9. The molecule has 2 fully saturated rings. The molecule has 0 amide bonds. The van der Waals surface area contributed by atoms with E-state index in [2.05, 4.69) is 10.3 Å². The van der Waals surface area contributed by atoms with E-state index in [0.29, 0.717) is 24.0 Å². The summed E-state index contributed by atoms with van der Waals surface area (Å²) in [7, 11) is 0. The number of halogens is 2. The molecule has 1 aromatic rings. The molecular weight excluding hydrogens is 392 g/mol. The van der Waals surface area contributed by atoms with Gasteiger partial charge >= 0.3 is 0 Å². The summed E-state index contributed by atoms with van der Waals surface area (Å²) in [5, 5.41) is 3.33. The molecule has 22 heavy (non-hydrogen) atoms. The molecule has 5 heteroatoms. The molecule has 0 bridgehead atoms. The number of nitrogens with one attached hydrogen (secondary N) is 1. The maximum Gasteiger partial charge on any atom is 0.189 e. The van der Waals surface area contributed by atoms with Crippen LogP contribution >= 0.6 is 24.0 Å². The Morgan fingerprint density at radius 2 is 1.73 bits per heavy atom. The van der Waals surface area contributed by atoms with E-state index in [1.807, 2.05) is 12.1 Å². The molecule has 0 aromatic heterocycles. The third-order valence-corrected chi connectivity index (χ3v) is 4.73. The molecule has 3 nitrogen and oxygen atoms in total. The standard InChI is InChI=1S/C17H24FN3.HI/c18-14-8-6-12(7-9-14)13-10-16(11-13)21-17(19)20-15-4-2-1-3-5-15;/h6-9,13,15-16H,1-5,10-11H2,(H3,19,20,21);1H. The second-order valence-corrected chi connectivity index (χ2v) is 6.37. The number of hydrogen-bond donors (Lipinski definition) is 2. The molecule has 0 unspecified atom stereocenters. The van der Waals surface area contributed by atoms with Gasteiger partial charge in [0.25, 0.3) is 0 Å². The Kier molecular flexibility index (Phi) is 6.47. The van der Waals surface area contributed by atoms with E-state index >= 15 is 0 Å². The number of aliphatic imine (C=N–C) groups is 1. The van der Waals surface area contributed by atoms with Crippen molar-refractivity contribution in [1.82, 2.24) is 5.32 Å². The van der Waals surface area contributed by atoms with Crippen molar-refractivity contribution in [3.05, 3.63) is 35.6 Å². The van der Waals surface area contributed by atoms with Gasteiger partial charge in [-0.15, -0.1) is 24.0 Å². The highest BCUT2D eigenvalue weighted by Gasteiger charge is 2.30. The Labute approximate surface area is 149 Å². The second-order valence-electron chi connectivity index (χ2n) is 6.37. The molecule has 0 saturated heterocycles. The van der Waals surface area contributed by atoms with E-state index in [9.17, 15) is 4.39 Å². The second kappa shape index (κ2) is 8.13. The molecule has 0 atom stereocenters. The zero-order valence-electron chi connectivity index (χ0n) is 12.8. The largest absolute Gasteiger partial charge is 0.370 e. The van der Waals surface area contributed by atoms with Gasteiger partial charge in [-0.25, -0.2) is 4.39 Å². The van der Waals surface area contributed by atoms with Crippen LogP contribution in [0.2, 0.25) is 0 Å². The minimum Gasteiger partial charge on any atom is -0.370 e. The molecule has 2 aliphatic carbocycles. The first-order valence-electron chi connectivity index (χ1n) is 8.06. The summed E-state index contributed by atoms with van der Waals surface area (Å²) in [6.07, 6.45) is 8.33. The van der Waals surface area contributed by atoms with Crippen LogP contribution in [0.15, 0.2) is 29.3 Å². The predicted molar refractivity (Wildman–Crippen MR) is 99.2 cm³/mol. The first-order chi connectivity index (χ1) is 10.2. The number of nitrogens with two attached hydrogens (primary N) is 1. The van der Waals surface area contributed by atoms with E-state index in [1.54, 1.807) is 0 Å². The fourth-order valence-electron chi connectivity index (χ4n) is 3.40. The average molecular weight is 417 g/mol. The highest BCUT2D eigenvalue weighted by Crippen LogP contribution is 2.36. The number of rotatable bonds is 3.